The number of hydrogen-bond donors (Lipinski definition) is 1. The van der Waals surface area contributed by atoms with Crippen LogP contribution in [0.3, 0.4) is 0 Å². The van der Waals surface area contributed by atoms with Crippen molar-refractivity contribution in [3.8, 4) is 0 Å². The molecule has 1 aliphatic rings. The molecule has 0 unspecified atom stereocenters. The van der Waals surface area contributed by atoms with Crippen molar-refractivity contribution in [2.75, 3.05) is 12.3 Å². The molecule has 1 aliphatic carbocycles. The first kappa shape index (κ1) is 16.2. The Morgan fingerprint density at radius 3 is 2.86 bits per heavy atom. The highest BCUT2D eigenvalue weighted by Crippen LogP contribution is 2.16. The molecule has 1 aromatic rings. The molecule has 0 fully saturated rings. The summed E-state index contributed by atoms with van der Waals surface area (Å²) in [5.41, 5.74) is 1.88. The third-order valence-corrected chi connectivity index (χ3v) is 5.16. The summed E-state index contributed by atoms with van der Waals surface area (Å²) in [6.45, 7) is 2.43. The zero-order valence-corrected chi connectivity index (χ0v) is 13.3. The number of fused-ring (bicyclic) bond motifs is 1. The number of aromatic nitrogens is 2. The third-order valence-electron chi connectivity index (χ3n) is 3.69. The van der Waals surface area contributed by atoms with E-state index in [0.717, 1.165) is 43.4 Å². The van der Waals surface area contributed by atoms with Crippen LogP contribution in [0.4, 0.5) is 0 Å². The molecule has 0 saturated heterocycles. The van der Waals surface area contributed by atoms with Gasteiger partial charge in [0.05, 0.1) is 18.0 Å². The summed E-state index contributed by atoms with van der Waals surface area (Å²) in [6.07, 6.45) is 5.51. The number of rotatable bonds is 7. The highest BCUT2D eigenvalue weighted by atomic mass is 32.2. The lowest BCUT2D eigenvalue weighted by Crippen LogP contribution is -2.34. The number of nitrogens with one attached hydrogen (secondary N) is 1. The molecule has 1 heterocycles. The van der Waals surface area contributed by atoms with Crippen LogP contribution < -0.4 is 10.3 Å². The average Bonchev–Trinajstić information content (AvgIpc) is 2.45. The zero-order chi connectivity index (χ0) is 15.3. The van der Waals surface area contributed by atoms with E-state index < -0.39 is 10.0 Å². The van der Waals surface area contributed by atoms with Crippen LogP contribution in [0.15, 0.2) is 10.9 Å². The van der Waals surface area contributed by atoms with Crippen molar-refractivity contribution >= 4 is 10.0 Å². The van der Waals surface area contributed by atoms with Gasteiger partial charge in [-0.2, -0.15) is 5.10 Å². The summed E-state index contributed by atoms with van der Waals surface area (Å²) >= 11 is 0. The Bertz CT molecular complexity index is 637. The maximum Gasteiger partial charge on any atom is 0.267 e. The summed E-state index contributed by atoms with van der Waals surface area (Å²) < 4.78 is 27.2. The zero-order valence-electron chi connectivity index (χ0n) is 12.5. The number of sulfonamides is 1. The van der Waals surface area contributed by atoms with E-state index in [4.69, 9.17) is 0 Å². The smallest absolute Gasteiger partial charge is 0.267 e. The van der Waals surface area contributed by atoms with Crippen LogP contribution >= 0.6 is 0 Å². The Kier molecular flexibility index (Phi) is 5.52. The van der Waals surface area contributed by atoms with Crippen molar-refractivity contribution < 1.29 is 8.42 Å². The van der Waals surface area contributed by atoms with Gasteiger partial charge in [0.1, 0.15) is 0 Å². The minimum Gasteiger partial charge on any atom is -0.268 e. The van der Waals surface area contributed by atoms with Crippen molar-refractivity contribution in [3.05, 3.63) is 27.7 Å². The van der Waals surface area contributed by atoms with Crippen LogP contribution in [0, 0.1) is 0 Å². The van der Waals surface area contributed by atoms with E-state index in [1.165, 1.54) is 4.68 Å². The quantitative estimate of drug-likeness (QED) is 0.809. The minimum absolute atomic E-state index is 0.135. The number of unbranched alkanes of at least 4 members (excludes halogenated alkanes) is 1. The fourth-order valence-corrected chi connectivity index (χ4v) is 3.69. The van der Waals surface area contributed by atoms with Gasteiger partial charge in [0.15, 0.2) is 0 Å². The van der Waals surface area contributed by atoms with Gasteiger partial charge in [-0.25, -0.2) is 17.8 Å². The van der Waals surface area contributed by atoms with E-state index >= 15 is 0 Å². The second-order valence-corrected chi connectivity index (χ2v) is 7.38. The summed E-state index contributed by atoms with van der Waals surface area (Å²) in [6, 6.07) is 1.65. The van der Waals surface area contributed by atoms with E-state index in [-0.39, 0.29) is 24.4 Å². The highest BCUT2D eigenvalue weighted by molar-refractivity contribution is 7.89. The molecule has 0 radical (unpaired) electrons. The van der Waals surface area contributed by atoms with Crippen molar-refractivity contribution in [3.63, 3.8) is 0 Å². The van der Waals surface area contributed by atoms with E-state index in [1.54, 1.807) is 6.07 Å². The summed E-state index contributed by atoms with van der Waals surface area (Å²) in [5, 5.41) is 4.36. The first-order valence-electron chi connectivity index (χ1n) is 7.59. The molecule has 0 spiro atoms. The lowest BCUT2D eigenvalue weighted by molar-refractivity contribution is 0.525. The molecule has 0 saturated carbocycles. The number of hydrogen-bond acceptors (Lipinski definition) is 4. The molecule has 0 amide bonds. The summed E-state index contributed by atoms with van der Waals surface area (Å²) in [5.74, 6) is 0.135. The van der Waals surface area contributed by atoms with E-state index in [1.807, 2.05) is 6.92 Å². The van der Waals surface area contributed by atoms with Crippen molar-refractivity contribution in [1.29, 1.82) is 0 Å². The first-order valence-corrected chi connectivity index (χ1v) is 9.24. The summed E-state index contributed by atoms with van der Waals surface area (Å²) in [4.78, 5) is 11.9. The summed E-state index contributed by atoms with van der Waals surface area (Å²) in [7, 11) is -3.24. The molecule has 0 atom stereocenters. The van der Waals surface area contributed by atoms with Gasteiger partial charge in [-0.15, -0.1) is 0 Å². The second-order valence-electron chi connectivity index (χ2n) is 5.45. The molecule has 0 aromatic carbocycles. The van der Waals surface area contributed by atoms with Gasteiger partial charge < -0.3 is 0 Å². The van der Waals surface area contributed by atoms with E-state index in [9.17, 15) is 13.2 Å². The highest BCUT2D eigenvalue weighted by Gasteiger charge is 2.14. The van der Waals surface area contributed by atoms with Crippen molar-refractivity contribution in [2.45, 2.75) is 52.0 Å². The Hall–Kier alpha value is -1.21. The van der Waals surface area contributed by atoms with Gasteiger partial charge in [0, 0.05) is 12.6 Å². The first-order chi connectivity index (χ1) is 10.0. The predicted molar refractivity (Wildman–Crippen MR) is 81.8 cm³/mol. The Labute approximate surface area is 125 Å². The molecule has 1 aromatic heterocycles. The van der Waals surface area contributed by atoms with E-state index in [0.29, 0.717) is 6.42 Å². The molecular formula is C14H23N3O3S. The second kappa shape index (κ2) is 7.17. The fraction of sp³-hybridized carbons (Fsp3) is 0.714. The normalized spacial score (nSPS) is 14.9. The SMILES string of the molecule is CCCCS(=O)(=O)NCCn1nc2c(cc1=O)CCCC2. The van der Waals surface area contributed by atoms with Gasteiger partial charge in [-0.3, -0.25) is 4.79 Å². The van der Waals surface area contributed by atoms with Crippen LogP contribution in [0.1, 0.15) is 43.9 Å². The molecule has 0 bridgehead atoms. The van der Waals surface area contributed by atoms with Crippen LogP contribution in [0.25, 0.3) is 0 Å². The Morgan fingerprint density at radius 2 is 2.10 bits per heavy atom. The predicted octanol–water partition coefficient (Wildman–Crippen LogP) is 0.842. The van der Waals surface area contributed by atoms with Gasteiger partial charge in [0.25, 0.3) is 5.56 Å². The molecule has 6 nitrogen and oxygen atoms in total. The molecule has 7 heteroatoms. The molecule has 1 N–H and O–H groups in total. The largest absolute Gasteiger partial charge is 0.268 e. The van der Waals surface area contributed by atoms with Crippen molar-refractivity contribution in [1.82, 2.24) is 14.5 Å². The molecular weight excluding hydrogens is 290 g/mol. The standard InChI is InChI=1S/C14H23N3O3S/c1-2-3-10-21(19,20)15-8-9-17-14(18)11-12-6-4-5-7-13(12)16-17/h11,15H,2-10H2,1H3. The maximum atomic E-state index is 11.9. The fourth-order valence-electron chi connectivity index (χ4n) is 2.47. The molecule has 118 valence electrons. The van der Waals surface area contributed by atoms with Gasteiger partial charge in [-0.1, -0.05) is 13.3 Å². The van der Waals surface area contributed by atoms with Crippen LogP contribution in [-0.2, 0) is 29.4 Å². The number of aryl methyl sites for hydroxylation is 2. The molecule has 0 aliphatic heterocycles. The Morgan fingerprint density at radius 1 is 1.33 bits per heavy atom. The maximum absolute atomic E-state index is 11.9. The van der Waals surface area contributed by atoms with Crippen LogP contribution in [0.5, 0.6) is 0 Å². The van der Waals surface area contributed by atoms with Crippen LogP contribution in [0.2, 0.25) is 0 Å². The Balaban J connectivity index is 1.96. The van der Waals surface area contributed by atoms with E-state index in [2.05, 4.69) is 9.82 Å². The van der Waals surface area contributed by atoms with Gasteiger partial charge in [-0.05, 0) is 37.7 Å². The van der Waals surface area contributed by atoms with Crippen LogP contribution in [-0.4, -0.2) is 30.5 Å². The lowest BCUT2D eigenvalue weighted by atomic mass is 9.97. The molecule has 21 heavy (non-hydrogen) atoms. The third kappa shape index (κ3) is 4.64. The topological polar surface area (TPSA) is 81.1 Å². The monoisotopic (exact) mass is 313 g/mol. The van der Waals surface area contributed by atoms with Gasteiger partial charge in [0.2, 0.25) is 10.0 Å². The average molecular weight is 313 g/mol. The minimum atomic E-state index is -3.24. The van der Waals surface area contributed by atoms with Gasteiger partial charge >= 0.3 is 0 Å². The van der Waals surface area contributed by atoms with Crippen molar-refractivity contribution in [2.24, 2.45) is 0 Å². The number of nitrogens with zero attached hydrogens (tertiary/aromatic N) is 2. The molecule has 2 rings (SSSR count). The lowest BCUT2D eigenvalue weighted by Gasteiger charge is -2.16.